The minimum Gasteiger partial charge on any atom is -0.481 e. The molecule has 0 bridgehead atoms. The number of carbonyl (C=O) groups is 1. The first-order valence-electron chi connectivity index (χ1n) is 7.04. The van der Waals surface area contributed by atoms with Gasteiger partial charge in [0.1, 0.15) is 0 Å². The average Bonchev–Trinajstić information content (AvgIpc) is 3.10. The molecule has 5 nitrogen and oxygen atoms in total. The third-order valence-electron chi connectivity index (χ3n) is 3.02. The number of carboxylic acid groups (broad SMARTS) is 1. The van der Waals surface area contributed by atoms with Crippen LogP contribution in [0.15, 0.2) is 22.7 Å². The quantitative estimate of drug-likeness (QED) is 0.561. The van der Waals surface area contributed by atoms with Gasteiger partial charge in [-0.15, -0.1) is 21.5 Å². The molecule has 2 aromatic heterocycles. The Morgan fingerprint density at radius 2 is 2.24 bits per heavy atom. The zero-order valence-corrected chi connectivity index (χ0v) is 13.6. The predicted molar refractivity (Wildman–Crippen MR) is 85.8 cm³/mol. The first-order chi connectivity index (χ1) is 10.2. The van der Waals surface area contributed by atoms with Gasteiger partial charge in [-0.05, 0) is 17.9 Å². The molecule has 0 aliphatic heterocycles. The van der Waals surface area contributed by atoms with Gasteiger partial charge in [0.15, 0.2) is 11.0 Å². The van der Waals surface area contributed by atoms with Crippen molar-refractivity contribution in [3.05, 3.63) is 17.5 Å². The lowest BCUT2D eigenvalue weighted by Gasteiger charge is -2.08. The van der Waals surface area contributed by atoms with Crippen molar-refractivity contribution in [1.82, 2.24) is 14.8 Å². The van der Waals surface area contributed by atoms with Crippen LogP contribution >= 0.6 is 23.1 Å². The number of unbranched alkanes of at least 4 members (excludes halogenated alkanes) is 3. The molecule has 0 aromatic carbocycles. The summed E-state index contributed by atoms with van der Waals surface area (Å²) in [6.07, 6.45) is 4.64. The summed E-state index contributed by atoms with van der Waals surface area (Å²) in [5.41, 5.74) is 0. The van der Waals surface area contributed by atoms with Crippen LogP contribution in [0.5, 0.6) is 0 Å². The molecule has 0 saturated carbocycles. The van der Waals surface area contributed by atoms with Crippen LogP contribution in [0.25, 0.3) is 10.7 Å². The van der Waals surface area contributed by atoms with E-state index in [0.29, 0.717) is 5.16 Å². The van der Waals surface area contributed by atoms with Gasteiger partial charge < -0.3 is 9.67 Å². The number of thiophene rings is 1. The Morgan fingerprint density at radius 3 is 2.90 bits per heavy atom. The van der Waals surface area contributed by atoms with E-state index in [1.807, 2.05) is 17.5 Å². The van der Waals surface area contributed by atoms with Gasteiger partial charge >= 0.3 is 5.97 Å². The number of rotatable bonds is 9. The van der Waals surface area contributed by atoms with E-state index in [2.05, 4.69) is 21.7 Å². The lowest BCUT2D eigenvalue weighted by Crippen LogP contribution is -2.05. The number of nitrogens with zero attached hydrogens (tertiary/aromatic N) is 3. The van der Waals surface area contributed by atoms with Crippen LogP contribution in [0, 0.1) is 0 Å². The summed E-state index contributed by atoms with van der Waals surface area (Å²) in [5.74, 6) is 0.0185. The van der Waals surface area contributed by atoms with Crippen LogP contribution in [0.1, 0.15) is 32.6 Å². The molecule has 2 heterocycles. The summed E-state index contributed by atoms with van der Waals surface area (Å²) < 4.78 is 2.05. The van der Waals surface area contributed by atoms with E-state index in [9.17, 15) is 4.79 Å². The number of aromatic nitrogens is 3. The van der Waals surface area contributed by atoms with Crippen molar-refractivity contribution in [3.8, 4) is 10.7 Å². The summed E-state index contributed by atoms with van der Waals surface area (Å²) in [4.78, 5) is 11.8. The second-order valence-electron chi connectivity index (χ2n) is 4.68. The smallest absolute Gasteiger partial charge is 0.313 e. The lowest BCUT2D eigenvalue weighted by atomic mass is 10.2. The van der Waals surface area contributed by atoms with Crippen molar-refractivity contribution in [3.63, 3.8) is 0 Å². The molecule has 114 valence electrons. The molecule has 0 aliphatic carbocycles. The fourth-order valence-corrected chi connectivity index (χ4v) is 3.41. The molecule has 0 unspecified atom stereocenters. The Labute approximate surface area is 132 Å². The van der Waals surface area contributed by atoms with E-state index in [0.717, 1.165) is 23.7 Å². The van der Waals surface area contributed by atoms with Crippen molar-refractivity contribution >= 4 is 29.1 Å². The average molecular weight is 325 g/mol. The summed E-state index contributed by atoms with van der Waals surface area (Å²) in [6.45, 7) is 3.02. The van der Waals surface area contributed by atoms with Crippen molar-refractivity contribution in [2.45, 2.75) is 44.3 Å². The highest BCUT2D eigenvalue weighted by atomic mass is 32.2. The van der Waals surface area contributed by atoms with Gasteiger partial charge in [-0.1, -0.05) is 44.0 Å². The van der Waals surface area contributed by atoms with Gasteiger partial charge in [0.2, 0.25) is 0 Å². The molecule has 1 N–H and O–H groups in total. The van der Waals surface area contributed by atoms with Crippen LogP contribution in [0.3, 0.4) is 0 Å². The monoisotopic (exact) mass is 325 g/mol. The Balaban J connectivity index is 2.14. The minimum absolute atomic E-state index is 0.0114. The molecule has 0 radical (unpaired) electrons. The van der Waals surface area contributed by atoms with Gasteiger partial charge in [-0.2, -0.15) is 0 Å². The maximum atomic E-state index is 10.7. The Morgan fingerprint density at radius 1 is 1.38 bits per heavy atom. The van der Waals surface area contributed by atoms with Gasteiger partial charge in [0, 0.05) is 6.54 Å². The van der Waals surface area contributed by atoms with Crippen molar-refractivity contribution in [2.24, 2.45) is 0 Å². The lowest BCUT2D eigenvalue weighted by molar-refractivity contribution is -0.133. The first-order valence-corrected chi connectivity index (χ1v) is 8.90. The second kappa shape index (κ2) is 8.19. The summed E-state index contributed by atoms with van der Waals surface area (Å²) >= 11 is 2.85. The molecule has 0 fully saturated rings. The van der Waals surface area contributed by atoms with Crippen LogP contribution in [0.4, 0.5) is 0 Å². The third kappa shape index (κ3) is 4.57. The number of hydrogen-bond donors (Lipinski definition) is 1. The van der Waals surface area contributed by atoms with Crippen molar-refractivity contribution < 1.29 is 9.90 Å². The molecule has 21 heavy (non-hydrogen) atoms. The van der Waals surface area contributed by atoms with Gasteiger partial charge in [0.25, 0.3) is 0 Å². The largest absolute Gasteiger partial charge is 0.481 e. The van der Waals surface area contributed by atoms with Crippen LogP contribution in [0.2, 0.25) is 0 Å². The Bertz CT molecular complexity index is 567. The zero-order valence-electron chi connectivity index (χ0n) is 12.0. The van der Waals surface area contributed by atoms with Crippen molar-refractivity contribution in [1.29, 1.82) is 0 Å². The molecule has 0 saturated heterocycles. The summed E-state index contributed by atoms with van der Waals surface area (Å²) in [6, 6.07) is 4.00. The molecule has 0 atom stereocenters. The molecular formula is C14H19N3O2S2. The highest BCUT2D eigenvalue weighted by Crippen LogP contribution is 2.27. The van der Waals surface area contributed by atoms with E-state index >= 15 is 0 Å². The Kier molecular flexibility index (Phi) is 6.25. The normalized spacial score (nSPS) is 10.9. The molecule has 2 aromatic rings. The van der Waals surface area contributed by atoms with Gasteiger partial charge in [0.05, 0.1) is 10.6 Å². The topological polar surface area (TPSA) is 68.0 Å². The predicted octanol–water partition coefficient (Wildman–Crippen LogP) is 3.76. The standard InChI is InChI=1S/C14H19N3O2S2/c1-2-3-4-5-8-17-13(11-7-6-9-20-11)15-16-14(17)21-10-12(18)19/h6-7,9H,2-5,8,10H2,1H3,(H,18,19). The van der Waals surface area contributed by atoms with Gasteiger partial charge in [-0.25, -0.2) is 0 Å². The maximum absolute atomic E-state index is 10.7. The highest BCUT2D eigenvalue weighted by Gasteiger charge is 2.15. The second-order valence-corrected chi connectivity index (χ2v) is 6.57. The van der Waals surface area contributed by atoms with Crippen LogP contribution < -0.4 is 0 Å². The van der Waals surface area contributed by atoms with Crippen molar-refractivity contribution in [2.75, 3.05) is 5.75 Å². The summed E-state index contributed by atoms with van der Waals surface area (Å²) in [7, 11) is 0. The number of thioether (sulfide) groups is 1. The van der Waals surface area contributed by atoms with E-state index in [1.165, 1.54) is 31.0 Å². The summed E-state index contributed by atoms with van der Waals surface area (Å²) in [5, 5.41) is 19.9. The molecule has 0 spiro atoms. The third-order valence-corrected chi connectivity index (χ3v) is 4.84. The van der Waals surface area contributed by atoms with Crippen LogP contribution in [-0.4, -0.2) is 31.6 Å². The maximum Gasteiger partial charge on any atom is 0.313 e. The number of carboxylic acids is 1. The molecular weight excluding hydrogens is 306 g/mol. The fourth-order valence-electron chi connectivity index (χ4n) is 2.01. The Hall–Kier alpha value is -1.34. The van der Waals surface area contributed by atoms with E-state index in [-0.39, 0.29) is 5.75 Å². The molecule has 2 rings (SSSR count). The minimum atomic E-state index is -0.835. The van der Waals surface area contributed by atoms with E-state index < -0.39 is 5.97 Å². The van der Waals surface area contributed by atoms with Gasteiger partial charge in [-0.3, -0.25) is 4.79 Å². The molecule has 0 amide bonds. The number of hydrogen-bond acceptors (Lipinski definition) is 5. The highest BCUT2D eigenvalue weighted by molar-refractivity contribution is 7.99. The van der Waals surface area contributed by atoms with Crippen LogP contribution in [-0.2, 0) is 11.3 Å². The molecule has 7 heteroatoms. The number of aliphatic carboxylic acids is 1. The first kappa shape index (κ1) is 16.0. The fraction of sp³-hybridized carbons (Fsp3) is 0.500. The van der Waals surface area contributed by atoms with E-state index in [4.69, 9.17) is 5.11 Å². The molecule has 0 aliphatic rings. The zero-order chi connectivity index (χ0) is 15.1. The SMILES string of the molecule is CCCCCCn1c(SCC(=O)O)nnc1-c1cccs1. The van der Waals surface area contributed by atoms with E-state index in [1.54, 1.807) is 11.3 Å².